The average molecular weight is 515 g/mol. The van der Waals surface area contributed by atoms with Crippen molar-refractivity contribution < 1.29 is 22.7 Å². The van der Waals surface area contributed by atoms with E-state index in [4.69, 9.17) is 4.74 Å². The first kappa shape index (κ1) is 25.4. The molecule has 2 heterocycles. The quantitative estimate of drug-likeness (QED) is 0.365. The normalized spacial score (nSPS) is 18.1. The molecule has 192 valence electrons. The highest BCUT2D eigenvalue weighted by Gasteiger charge is 2.32. The van der Waals surface area contributed by atoms with Gasteiger partial charge in [-0.1, -0.05) is 12.1 Å². The number of aromatic nitrogens is 3. The summed E-state index contributed by atoms with van der Waals surface area (Å²) in [5.74, 6) is -0.796. The van der Waals surface area contributed by atoms with Crippen LogP contribution in [0.4, 0.5) is 10.6 Å². The fraction of sp³-hybridized carbons (Fsp3) is 0.417. The second-order valence-electron chi connectivity index (χ2n) is 9.88. The van der Waals surface area contributed by atoms with Gasteiger partial charge in [-0.05, 0) is 70.7 Å². The number of carbonyl (C=O) groups excluding carboxylic acids is 2. The summed E-state index contributed by atoms with van der Waals surface area (Å²) in [4.78, 5) is 36.5. The number of carbonyl (C=O) groups is 2. The van der Waals surface area contributed by atoms with Crippen LogP contribution >= 0.6 is 0 Å². The number of aromatic amines is 1. The molecule has 2 amide bonds. The number of rotatable bonds is 6. The van der Waals surface area contributed by atoms with E-state index in [0.717, 1.165) is 5.56 Å². The third-order valence-electron chi connectivity index (χ3n) is 5.73. The van der Waals surface area contributed by atoms with E-state index >= 15 is 0 Å². The number of alkyl carbamates (subject to hydrolysis) is 1. The van der Waals surface area contributed by atoms with Crippen LogP contribution < -0.4 is 16.2 Å². The molecule has 0 saturated heterocycles. The third kappa shape index (κ3) is 5.76. The van der Waals surface area contributed by atoms with Crippen molar-refractivity contribution in [2.75, 3.05) is 5.43 Å². The van der Waals surface area contributed by atoms with Gasteiger partial charge in [0.25, 0.3) is 0 Å². The second-order valence-corrected chi connectivity index (χ2v) is 11.7. The maximum absolute atomic E-state index is 13.4. The number of hydrogen-bond acceptors (Lipinski definition) is 8. The Balaban J connectivity index is 1.48. The van der Waals surface area contributed by atoms with Crippen molar-refractivity contribution in [1.82, 2.24) is 25.7 Å². The van der Waals surface area contributed by atoms with Crippen LogP contribution in [-0.4, -0.2) is 47.0 Å². The van der Waals surface area contributed by atoms with Crippen molar-refractivity contribution in [3.05, 3.63) is 42.1 Å². The Morgan fingerprint density at radius 1 is 1.14 bits per heavy atom. The van der Waals surface area contributed by atoms with Crippen LogP contribution in [0.2, 0.25) is 0 Å². The molecule has 36 heavy (non-hydrogen) atoms. The molecule has 1 aliphatic rings. The van der Waals surface area contributed by atoms with Gasteiger partial charge in [-0.3, -0.25) is 15.6 Å². The lowest BCUT2D eigenvalue weighted by molar-refractivity contribution is -0.124. The van der Waals surface area contributed by atoms with Crippen LogP contribution in [0, 0.1) is 12.8 Å². The van der Waals surface area contributed by atoms with E-state index in [1.807, 2.05) is 0 Å². The number of benzene rings is 1. The molecule has 1 aliphatic carbocycles. The topological polar surface area (TPSA) is 155 Å². The number of aryl methyl sites for hydroxylation is 1. The number of H-pyrrole nitrogens is 1. The highest BCUT2D eigenvalue weighted by atomic mass is 32.2. The number of hydrazine groups is 1. The SMILES string of the molecule is Cc1cccc(S(=O)(=O)c2nc3[nH]ccc3nc2NNC(=O)[C@@H]2CC[C@H](NC(=O)OC(C)(C)C)C2)c1. The molecule has 1 fully saturated rings. The average Bonchev–Trinajstić information content (AvgIpc) is 3.44. The molecule has 1 aromatic carbocycles. The number of amides is 2. The number of nitrogens with zero attached hydrogens (tertiary/aromatic N) is 2. The van der Waals surface area contributed by atoms with Crippen molar-refractivity contribution in [1.29, 1.82) is 0 Å². The minimum atomic E-state index is -4.03. The summed E-state index contributed by atoms with van der Waals surface area (Å²) >= 11 is 0. The summed E-state index contributed by atoms with van der Waals surface area (Å²) in [7, 11) is -4.03. The summed E-state index contributed by atoms with van der Waals surface area (Å²) < 4.78 is 32.1. The van der Waals surface area contributed by atoms with Crippen LogP contribution in [0.5, 0.6) is 0 Å². The van der Waals surface area contributed by atoms with Gasteiger partial charge in [0.15, 0.2) is 11.5 Å². The number of ether oxygens (including phenoxy) is 1. The molecular weight excluding hydrogens is 484 g/mol. The minimum Gasteiger partial charge on any atom is -0.444 e. The second kappa shape index (κ2) is 9.76. The van der Waals surface area contributed by atoms with Crippen LogP contribution in [0.25, 0.3) is 11.2 Å². The molecule has 2 aromatic heterocycles. The lowest BCUT2D eigenvalue weighted by atomic mass is 10.1. The van der Waals surface area contributed by atoms with Crippen molar-refractivity contribution >= 4 is 38.8 Å². The molecule has 4 rings (SSSR count). The van der Waals surface area contributed by atoms with Gasteiger partial charge in [0.1, 0.15) is 11.1 Å². The number of hydrogen-bond donors (Lipinski definition) is 4. The molecule has 0 aliphatic heterocycles. The van der Waals surface area contributed by atoms with Gasteiger partial charge < -0.3 is 15.0 Å². The zero-order valence-corrected chi connectivity index (χ0v) is 21.4. The zero-order chi connectivity index (χ0) is 26.1. The van der Waals surface area contributed by atoms with E-state index < -0.39 is 21.5 Å². The highest BCUT2D eigenvalue weighted by Crippen LogP contribution is 2.28. The van der Waals surface area contributed by atoms with Crippen LogP contribution in [0.1, 0.15) is 45.6 Å². The van der Waals surface area contributed by atoms with Gasteiger partial charge in [-0.2, -0.15) is 0 Å². The first-order chi connectivity index (χ1) is 16.9. The van der Waals surface area contributed by atoms with E-state index in [0.29, 0.717) is 30.4 Å². The first-order valence-corrected chi connectivity index (χ1v) is 13.1. The summed E-state index contributed by atoms with van der Waals surface area (Å²) in [6.07, 6.45) is 2.70. The molecule has 2 atom stereocenters. The third-order valence-corrected chi connectivity index (χ3v) is 7.40. The van der Waals surface area contributed by atoms with E-state index in [-0.39, 0.29) is 33.6 Å². The molecule has 0 bridgehead atoms. The van der Waals surface area contributed by atoms with Gasteiger partial charge in [0.2, 0.25) is 20.8 Å². The number of sulfone groups is 1. The molecule has 0 spiro atoms. The van der Waals surface area contributed by atoms with E-state index in [1.54, 1.807) is 58.2 Å². The lowest BCUT2D eigenvalue weighted by Gasteiger charge is -2.21. The van der Waals surface area contributed by atoms with Crippen molar-refractivity contribution in [3.63, 3.8) is 0 Å². The van der Waals surface area contributed by atoms with Crippen LogP contribution in [-0.2, 0) is 19.4 Å². The number of anilines is 1. The molecule has 0 unspecified atom stereocenters. The fourth-order valence-corrected chi connectivity index (χ4v) is 5.45. The highest BCUT2D eigenvalue weighted by molar-refractivity contribution is 7.91. The smallest absolute Gasteiger partial charge is 0.407 e. The lowest BCUT2D eigenvalue weighted by Crippen LogP contribution is -2.39. The Labute approximate surface area is 209 Å². The van der Waals surface area contributed by atoms with Crippen molar-refractivity contribution in [3.8, 4) is 0 Å². The monoisotopic (exact) mass is 514 g/mol. The number of nitrogens with one attached hydrogen (secondary N) is 4. The molecule has 11 nitrogen and oxygen atoms in total. The van der Waals surface area contributed by atoms with Crippen LogP contribution in [0.3, 0.4) is 0 Å². The Kier molecular flexibility index (Phi) is 6.90. The van der Waals surface area contributed by atoms with Gasteiger partial charge >= 0.3 is 6.09 Å². The molecule has 0 radical (unpaired) electrons. The minimum absolute atomic E-state index is 0.0731. The maximum Gasteiger partial charge on any atom is 0.407 e. The Morgan fingerprint density at radius 3 is 2.64 bits per heavy atom. The Bertz CT molecular complexity index is 1400. The van der Waals surface area contributed by atoms with Crippen molar-refractivity contribution in [2.45, 2.75) is 68.5 Å². The molecule has 3 aromatic rings. The van der Waals surface area contributed by atoms with E-state index in [1.165, 1.54) is 6.07 Å². The largest absolute Gasteiger partial charge is 0.444 e. The van der Waals surface area contributed by atoms with Gasteiger partial charge in [-0.15, -0.1) is 0 Å². The van der Waals surface area contributed by atoms with E-state index in [9.17, 15) is 18.0 Å². The molecular formula is C24H30N6O5S. The first-order valence-electron chi connectivity index (χ1n) is 11.6. The Hall–Kier alpha value is -3.67. The summed E-state index contributed by atoms with van der Waals surface area (Å²) in [6, 6.07) is 7.95. The predicted octanol–water partition coefficient (Wildman–Crippen LogP) is 3.24. The summed E-state index contributed by atoms with van der Waals surface area (Å²) in [5.41, 5.74) is 6.17. The molecule has 12 heteroatoms. The standard InChI is InChI=1S/C24H30N6O5S/c1-14-6-5-7-17(12-14)36(33,34)22-20(27-18-10-11-25-19(18)28-22)29-30-21(31)15-8-9-16(13-15)26-23(32)35-24(2,3)4/h5-7,10-12,15-16H,8-9,13H2,1-4H3,(H,25,28)(H,26,32)(H,27,29)(H,30,31)/t15-,16+/m1/s1. The van der Waals surface area contributed by atoms with Crippen molar-refractivity contribution in [2.24, 2.45) is 5.92 Å². The predicted molar refractivity (Wildman–Crippen MR) is 133 cm³/mol. The van der Waals surface area contributed by atoms with Gasteiger partial charge in [0.05, 0.1) is 4.90 Å². The van der Waals surface area contributed by atoms with E-state index in [2.05, 4.69) is 31.1 Å². The molecule has 4 N–H and O–H groups in total. The summed E-state index contributed by atoms with van der Waals surface area (Å²) in [5, 5.41) is 2.49. The van der Waals surface area contributed by atoms with Gasteiger partial charge in [-0.25, -0.2) is 23.2 Å². The maximum atomic E-state index is 13.4. The fourth-order valence-electron chi connectivity index (χ4n) is 4.07. The number of fused-ring (bicyclic) bond motifs is 1. The zero-order valence-electron chi connectivity index (χ0n) is 20.6. The molecule has 1 saturated carbocycles. The van der Waals surface area contributed by atoms with Crippen LogP contribution in [0.15, 0.2) is 46.5 Å². The summed E-state index contributed by atoms with van der Waals surface area (Å²) in [6.45, 7) is 7.14. The van der Waals surface area contributed by atoms with Gasteiger partial charge in [0, 0.05) is 18.2 Å². The Morgan fingerprint density at radius 2 is 1.92 bits per heavy atom.